The van der Waals surface area contributed by atoms with Crippen LogP contribution in [0.3, 0.4) is 0 Å². The molecule has 0 spiro atoms. The number of nitrogens with one attached hydrogen (secondary N) is 1. The number of anilines is 2. The molecular weight excluding hydrogens is 419 g/mol. The lowest BCUT2D eigenvalue weighted by atomic mass is 10.3. The highest BCUT2D eigenvalue weighted by Crippen LogP contribution is 2.25. The summed E-state index contributed by atoms with van der Waals surface area (Å²) in [5.74, 6) is 0.480. The number of halogens is 1. The highest BCUT2D eigenvalue weighted by molar-refractivity contribution is 14.1. The minimum absolute atomic E-state index is 0.0805. The Morgan fingerprint density at radius 3 is 2.79 bits per heavy atom. The summed E-state index contributed by atoms with van der Waals surface area (Å²) in [4.78, 5) is 25.5. The second kappa shape index (κ2) is 7.65. The monoisotopic (exact) mass is 436 g/mol. The van der Waals surface area contributed by atoms with E-state index in [9.17, 15) is 9.59 Å². The molecule has 1 aliphatic rings. The SMILES string of the molecule is O=C(COc1cccc(N2CCCC2=O)c1)Nc1cccc(I)c1. The largest absolute Gasteiger partial charge is 0.484 e. The summed E-state index contributed by atoms with van der Waals surface area (Å²) in [6, 6.07) is 14.8. The van der Waals surface area contributed by atoms with Crippen molar-refractivity contribution in [3.05, 3.63) is 52.1 Å². The van der Waals surface area contributed by atoms with Crippen molar-refractivity contribution >= 4 is 45.8 Å². The molecule has 0 unspecified atom stereocenters. The molecular formula is C18H17IN2O3. The Hall–Kier alpha value is -2.09. The van der Waals surface area contributed by atoms with E-state index in [0.29, 0.717) is 12.2 Å². The smallest absolute Gasteiger partial charge is 0.262 e. The predicted octanol–water partition coefficient (Wildman–Crippen LogP) is 3.44. The fraction of sp³-hybridized carbons (Fsp3) is 0.222. The van der Waals surface area contributed by atoms with Crippen molar-refractivity contribution in [1.82, 2.24) is 0 Å². The van der Waals surface area contributed by atoms with E-state index in [0.717, 1.165) is 27.9 Å². The maximum absolute atomic E-state index is 12.0. The Balaban J connectivity index is 1.58. The molecule has 0 saturated carbocycles. The number of ether oxygens (including phenoxy) is 1. The van der Waals surface area contributed by atoms with E-state index in [1.54, 1.807) is 17.0 Å². The third-order valence-corrected chi connectivity index (χ3v) is 4.35. The van der Waals surface area contributed by atoms with E-state index in [1.807, 2.05) is 36.4 Å². The first kappa shape index (κ1) is 16.8. The Morgan fingerprint density at radius 1 is 1.21 bits per heavy atom. The lowest BCUT2D eigenvalue weighted by molar-refractivity contribution is -0.118. The van der Waals surface area contributed by atoms with Gasteiger partial charge in [0.1, 0.15) is 5.75 Å². The second-order valence-electron chi connectivity index (χ2n) is 5.49. The van der Waals surface area contributed by atoms with Crippen LogP contribution in [0.25, 0.3) is 0 Å². The summed E-state index contributed by atoms with van der Waals surface area (Å²) in [7, 11) is 0. The lowest BCUT2D eigenvalue weighted by Gasteiger charge is -2.16. The number of amides is 2. The standard InChI is InChI=1S/C18H17IN2O3/c19-13-4-1-5-14(10-13)20-17(22)12-24-16-7-2-6-15(11-16)21-9-3-8-18(21)23/h1-2,4-7,10-11H,3,8-9,12H2,(H,20,22). The number of hydrogen-bond acceptors (Lipinski definition) is 3. The van der Waals surface area contributed by atoms with Gasteiger partial charge in [-0.3, -0.25) is 9.59 Å². The molecule has 3 rings (SSSR count). The van der Waals surface area contributed by atoms with Gasteiger partial charge in [0.15, 0.2) is 6.61 Å². The van der Waals surface area contributed by atoms with E-state index in [1.165, 1.54) is 0 Å². The average Bonchev–Trinajstić information content (AvgIpc) is 2.99. The Kier molecular flexibility index (Phi) is 5.34. The van der Waals surface area contributed by atoms with Gasteiger partial charge >= 0.3 is 0 Å². The highest BCUT2D eigenvalue weighted by Gasteiger charge is 2.21. The van der Waals surface area contributed by atoms with Crippen LogP contribution in [-0.2, 0) is 9.59 Å². The lowest BCUT2D eigenvalue weighted by Crippen LogP contribution is -2.24. The third-order valence-electron chi connectivity index (χ3n) is 3.68. The van der Waals surface area contributed by atoms with Crippen molar-refractivity contribution in [2.24, 2.45) is 0 Å². The van der Waals surface area contributed by atoms with E-state index in [2.05, 4.69) is 27.9 Å². The van der Waals surface area contributed by atoms with E-state index < -0.39 is 0 Å². The number of benzene rings is 2. The number of rotatable bonds is 5. The van der Waals surface area contributed by atoms with E-state index in [4.69, 9.17) is 4.74 Å². The van der Waals surface area contributed by atoms with Crippen LogP contribution >= 0.6 is 22.6 Å². The van der Waals surface area contributed by atoms with Crippen molar-refractivity contribution < 1.29 is 14.3 Å². The van der Waals surface area contributed by atoms with Crippen molar-refractivity contribution in [2.45, 2.75) is 12.8 Å². The number of hydrogen-bond donors (Lipinski definition) is 1. The van der Waals surface area contributed by atoms with Gasteiger partial charge in [-0.1, -0.05) is 12.1 Å². The average molecular weight is 436 g/mol. The number of carbonyl (C=O) groups is 2. The van der Waals surface area contributed by atoms with Crippen molar-refractivity contribution in [1.29, 1.82) is 0 Å². The molecule has 1 saturated heterocycles. The molecule has 2 amide bonds. The topological polar surface area (TPSA) is 58.6 Å². The molecule has 0 bridgehead atoms. The molecule has 0 atom stereocenters. The maximum Gasteiger partial charge on any atom is 0.262 e. The Morgan fingerprint density at radius 2 is 2.04 bits per heavy atom. The van der Waals surface area contributed by atoms with Crippen LogP contribution in [0.4, 0.5) is 11.4 Å². The van der Waals surface area contributed by atoms with Crippen LogP contribution < -0.4 is 15.0 Å². The zero-order chi connectivity index (χ0) is 16.9. The highest BCUT2D eigenvalue weighted by atomic mass is 127. The predicted molar refractivity (Wildman–Crippen MR) is 101 cm³/mol. The van der Waals surface area contributed by atoms with Crippen molar-refractivity contribution in [3.8, 4) is 5.75 Å². The molecule has 6 heteroatoms. The van der Waals surface area contributed by atoms with Gasteiger partial charge in [-0.2, -0.15) is 0 Å². The molecule has 2 aromatic rings. The molecule has 0 aliphatic carbocycles. The molecule has 1 fully saturated rings. The molecule has 1 N–H and O–H groups in total. The Labute approximate surface area is 154 Å². The van der Waals surface area contributed by atoms with Crippen LogP contribution in [0.15, 0.2) is 48.5 Å². The van der Waals surface area contributed by atoms with Gasteiger partial charge in [-0.25, -0.2) is 0 Å². The summed E-state index contributed by atoms with van der Waals surface area (Å²) in [6.45, 7) is 0.651. The molecule has 0 aromatic heterocycles. The zero-order valence-corrected chi connectivity index (χ0v) is 15.2. The van der Waals surface area contributed by atoms with Crippen molar-refractivity contribution in [2.75, 3.05) is 23.4 Å². The quantitative estimate of drug-likeness (QED) is 0.731. The van der Waals surface area contributed by atoms with Crippen LogP contribution in [0.1, 0.15) is 12.8 Å². The first-order valence-electron chi connectivity index (χ1n) is 7.70. The third kappa shape index (κ3) is 4.25. The molecule has 2 aromatic carbocycles. The van der Waals surface area contributed by atoms with Crippen LogP contribution in [0.5, 0.6) is 5.75 Å². The normalized spacial score (nSPS) is 13.9. The van der Waals surface area contributed by atoms with Gasteiger partial charge in [0.2, 0.25) is 5.91 Å². The summed E-state index contributed by atoms with van der Waals surface area (Å²) in [6.07, 6.45) is 1.46. The number of carbonyl (C=O) groups excluding carboxylic acids is 2. The fourth-order valence-corrected chi connectivity index (χ4v) is 3.12. The van der Waals surface area contributed by atoms with Gasteiger partial charge in [0, 0.05) is 34.0 Å². The van der Waals surface area contributed by atoms with E-state index >= 15 is 0 Å². The maximum atomic E-state index is 12.0. The number of nitrogens with zero attached hydrogens (tertiary/aromatic N) is 1. The summed E-state index contributed by atoms with van der Waals surface area (Å²) in [5.41, 5.74) is 1.56. The second-order valence-corrected chi connectivity index (χ2v) is 6.74. The van der Waals surface area contributed by atoms with Crippen LogP contribution in [-0.4, -0.2) is 25.0 Å². The first-order chi connectivity index (χ1) is 11.6. The van der Waals surface area contributed by atoms with Crippen LogP contribution in [0.2, 0.25) is 0 Å². The van der Waals surface area contributed by atoms with Crippen molar-refractivity contribution in [3.63, 3.8) is 0 Å². The summed E-state index contributed by atoms with van der Waals surface area (Å²) < 4.78 is 6.60. The molecule has 1 aliphatic heterocycles. The summed E-state index contributed by atoms with van der Waals surface area (Å²) in [5, 5.41) is 2.80. The van der Waals surface area contributed by atoms with Crippen LogP contribution in [0, 0.1) is 3.57 Å². The molecule has 0 radical (unpaired) electrons. The minimum Gasteiger partial charge on any atom is -0.484 e. The van der Waals surface area contributed by atoms with Gasteiger partial charge in [-0.05, 0) is 59.3 Å². The molecule has 124 valence electrons. The Bertz CT molecular complexity index is 763. The fourth-order valence-electron chi connectivity index (χ4n) is 2.57. The molecule has 1 heterocycles. The minimum atomic E-state index is -0.223. The zero-order valence-electron chi connectivity index (χ0n) is 13.0. The van der Waals surface area contributed by atoms with E-state index in [-0.39, 0.29) is 18.4 Å². The first-order valence-corrected chi connectivity index (χ1v) is 8.78. The van der Waals surface area contributed by atoms with Gasteiger partial charge in [0.05, 0.1) is 0 Å². The van der Waals surface area contributed by atoms with Gasteiger partial charge in [0.25, 0.3) is 5.91 Å². The van der Waals surface area contributed by atoms with Gasteiger partial charge in [-0.15, -0.1) is 0 Å². The van der Waals surface area contributed by atoms with Gasteiger partial charge < -0.3 is 15.0 Å². The summed E-state index contributed by atoms with van der Waals surface area (Å²) >= 11 is 2.19. The molecule has 5 nitrogen and oxygen atoms in total. The molecule has 24 heavy (non-hydrogen) atoms.